The number of anilines is 1. The molecule has 0 saturated heterocycles. The van der Waals surface area contributed by atoms with Gasteiger partial charge in [-0.25, -0.2) is 4.98 Å². The minimum atomic E-state index is -0.676. The number of aromatic nitrogens is 2. The van der Waals surface area contributed by atoms with Crippen molar-refractivity contribution in [1.29, 1.82) is 0 Å². The van der Waals surface area contributed by atoms with Gasteiger partial charge in [0.15, 0.2) is 10.9 Å². The summed E-state index contributed by atoms with van der Waals surface area (Å²) in [5, 5.41) is 15.1. The van der Waals surface area contributed by atoms with E-state index < -0.39 is 10.8 Å². The number of hydrogen-bond acceptors (Lipinski definition) is 7. The maximum Gasteiger partial charge on any atom is 0.269 e. The average Bonchev–Trinajstić information content (AvgIpc) is 2.72. The number of nitrogens with zero attached hydrogens (tertiary/aromatic N) is 2. The maximum atomic E-state index is 13.1. The third-order valence-electron chi connectivity index (χ3n) is 5.58. The Hall–Kier alpha value is -2.94. The van der Waals surface area contributed by atoms with Gasteiger partial charge in [0.2, 0.25) is 0 Å². The van der Waals surface area contributed by atoms with Crippen LogP contribution in [0.3, 0.4) is 0 Å². The number of fused-ring (bicyclic) bond motifs is 1. The Kier molecular flexibility index (Phi) is 5.95. The topological polar surface area (TPSA) is 118 Å². The van der Waals surface area contributed by atoms with Crippen molar-refractivity contribution in [3.63, 3.8) is 0 Å². The van der Waals surface area contributed by atoms with Gasteiger partial charge in [-0.1, -0.05) is 37.7 Å². The predicted octanol–water partition coefficient (Wildman–Crippen LogP) is 4.38. The Balaban J connectivity index is 1.82. The fraction of sp³-hybridized carbons (Fsp3) is 0.409. The molecule has 1 aliphatic carbocycles. The fourth-order valence-electron chi connectivity index (χ4n) is 4.05. The molecule has 0 saturated carbocycles. The Bertz CT molecular complexity index is 1140. The maximum absolute atomic E-state index is 13.1. The zero-order valence-electron chi connectivity index (χ0n) is 17.4. The number of allylic oxidation sites excluding steroid dienone is 2. The molecule has 0 radical (unpaired) electrons. The summed E-state index contributed by atoms with van der Waals surface area (Å²) in [6, 6.07) is 6.15. The molecule has 1 atom stereocenters. The number of H-pyrrole nitrogens is 1. The van der Waals surface area contributed by atoms with Crippen molar-refractivity contribution >= 4 is 29.1 Å². The number of hydrogen-bond donors (Lipinski definition) is 2. The largest absolute Gasteiger partial charge is 0.343 e. The summed E-state index contributed by atoms with van der Waals surface area (Å²) in [4.78, 5) is 44.3. The molecule has 9 heteroatoms. The van der Waals surface area contributed by atoms with Gasteiger partial charge in [0, 0.05) is 41.5 Å². The van der Waals surface area contributed by atoms with Crippen molar-refractivity contribution in [3.8, 4) is 0 Å². The van der Waals surface area contributed by atoms with E-state index in [-0.39, 0.29) is 17.0 Å². The number of ketones is 1. The Morgan fingerprint density at radius 2 is 2.10 bits per heavy atom. The molecule has 8 nitrogen and oxygen atoms in total. The van der Waals surface area contributed by atoms with E-state index in [2.05, 4.69) is 29.1 Å². The number of nitro groups is 1. The molecule has 2 aromatic rings. The number of non-ortho nitro benzene ring substituents is 1. The second-order valence-corrected chi connectivity index (χ2v) is 9.33. The van der Waals surface area contributed by atoms with Crippen molar-refractivity contribution in [2.45, 2.75) is 50.6 Å². The monoisotopic (exact) mass is 440 g/mol. The summed E-state index contributed by atoms with van der Waals surface area (Å²) in [5.74, 6) is 1.10. The molecule has 4 rings (SSSR count). The van der Waals surface area contributed by atoms with Gasteiger partial charge in [-0.05, 0) is 30.7 Å². The summed E-state index contributed by atoms with van der Waals surface area (Å²) in [6.45, 7) is 4.28. The Morgan fingerprint density at radius 1 is 1.29 bits per heavy atom. The zero-order chi connectivity index (χ0) is 22.1. The van der Waals surface area contributed by atoms with Crippen LogP contribution in [-0.4, -0.2) is 26.4 Å². The average molecular weight is 441 g/mol. The van der Waals surface area contributed by atoms with Gasteiger partial charge < -0.3 is 10.3 Å². The van der Waals surface area contributed by atoms with E-state index >= 15 is 0 Å². The standard InChI is InChI=1S/C22H24N4O4S/c1-12(2)9-10-31-22-24-20-19(21(28)25-22)17(13-5-3-6-14(11-13)26(29)30)18-15(23-20)7-4-8-16(18)27/h3,5-6,11-12,17H,4,7-10H2,1-2H3,(H2,23,24,25,28)/t17-/m0/s1. The first-order valence-electron chi connectivity index (χ1n) is 10.4. The van der Waals surface area contributed by atoms with Crippen LogP contribution in [0.25, 0.3) is 0 Å². The minimum Gasteiger partial charge on any atom is -0.343 e. The van der Waals surface area contributed by atoms with E-state index in [1.165, 1.54) is 23.9 Å². The summed E-state index contributed by atoms with van der Waals surface area (Å²) in [7, 11) is 0. The third-order valence-corrected chi connectivity index (χ3v) is 6.49. The van der Waals surface area contributed by atoms with Gasteiger partial charge in [0.1, 0.15) is 5.82 Å². The number of benzene rings is 1. The van der Waals surface area contributed by atoms with Crippen LogP contribution in [0.1, 0.15) is 56.6 Å². The molecule has 31 heavy (non-hydrogen) atoms. The second-order valence-electron chi connectivity index (χ2n) is 8.24. The molecule has 0 spiro atoms. The van der Waals surface area contributed by atoms with Crippen molar-refractivity contribution in [1.82, 2.24) is 9.97 Å². The van der Waals surface area contributed by atoms with Crippen molar-refractivity contribution in [2.24, 2.45) is 5.92 Å². The van der Waals surface area contributed by atoms with Crippen LogP contribution >= 0.6 is 11.8 Å². The van der Waals surface area contributed by atoms with Gasteiger partial charge in [-0.2, -0.15) is 0 Å². The van der Waals surface area contributed by atoms with Crippen LogP contribution in [0.15, 0.2) is 45.5 Å². The first-order valence-corrected chi connectivity index (χ1v) is 11.4. The zero-order valence-corrected chi connectivity index (χ0v) is 18.3. The first kappa shape index (κ1) is 21.3. The van der Waals surface area contributed by atoms with Gasteiger partial charge in [0.25, 0.3) is 11.2 Å². The molecule has 2 heterocycles. The van der Waals surface area contributed by atoms with E-state index in [0.29, 0.717) is 46.4 Å². The molecule has 0 fully saturated rings. The highest BCUT2D eigenvalue weighted by Gasteiger charge is 2.38. The Morgan fingerprint density at radius 3 is 2.84 bits per heavy atom. The van der Waals surface area contributed by atoms with Crippen molar-refractivity contribution in [3.05, 3.63) is 67.1 Å². The van der Waals surface area contributed by atoms with Crippen LogP contribution < -0.4 is 10.9 Å². The Labute approximate surface area is 183 Å². The summed E-state index contributed by atoms with van der Waals surface area (Å²) in [5.41, 5.74) is 1.76. The summed E-state index contributed by atoms with van der Waals surface area (Å²) < 4.78 is 0. The predicted molar refractivity (Wildman–Crippen MR) is 119 cm³/mol. The molecule has 1 aromatic carbocycles. The first-order chi connectivity index (χ1) is 14.8. The van der Waals surface area contributed by atoms with E-state index in [1.807, 2.05) is 0 Å². The number of Topliss-reactive ketones (excluding diaryl/α,β-unsaturated/α-hetero) is 1. The number of carbonyl (C=O) groups is 1. The summed E-state index contributed by atoms with van der Waals surface area (Å²) in [6.07, 6.45) is 2.80. The van der Waals surface area contributed by atoms with Gasteiger partial charge in [0.05, 0.1) is 10.5 Å². The molecule has 0 amide bonds. The molecule has 0 unspecified atom stereocenters. The number of carbonyl (C=O) groups excluding carboxylic acids is 1. The van der Waals surface area contributed by atoms with E-state index in [1.54, 1.807) is 12.1 Å². The number of nitro benzene ring substituents is 1. The van der Waals surface area contributed by atoms with Crippen LogP contribution in [0.5, 0.6) is 0 Å². The highest BCUT2D eigenvalue weighted by atomic mass is 32.2. The van der Waals surface area contributed by atoms with Crippen LogP contribution in [0.2, 0.25) is 0 Å². The minimum absolute atomic E-state index is 0.0364. The molecule has 2 aliphatic rings. The van der Waals surface area contributed by atoms with Crippen LogP contribution in [0.4, 0.5) is 11.5 Å². The SMILES string of the molecule is CC(C)CCSc1nc2c(c(=O)[nH]1)[C@@H](c1cccc([N+](=O)[O-])c1)C1=C(CCCC1=O)N2. The van der Waals surface area contributed by atoms with Crippen molar-refractivity contribution in [2.75, 3.05) is 11.1 Å². The van der Waals surface area contributed by atoms with Gasteiger partial charge in [-0.3, -0.25) is 19.7 Å². The highest BCUT2D eigenvalue weighted by Crippen LogP contribution is 2.44. The quantitative estimate of drug-likeness (QED) is 0.296. The number of rotatable bonds is 6. The molecular weight excluding hydrogens is 416 g/mol. The third kappa shape index (κ3) is 4.27. The van der Waals surface area contributed by atoms with Crippen molar-refractivity contribution < 1.29 is 9.72 Å². The molecule has 1 aliphatic heterocycles. The lowest BCUT2D eigenvalue weighted by atomic mass is 9.76. The number of thioether (sulfide) groups is 1. The molecule has 2 N–H and O–H groups in total. The fourth-order valence-corrected chi connectivity index (χ4v) is 5.15. The van der Waals surface area contributed by atoms with E-state index in [4.69, 9.17) is 0 Å². The lowest BCUT2D eigenvalue weighted by molar-refractivity contribution is -0.384. The van der Waals surface area contributed by atoms with Gasteiger partial charge in [-0.15, -0.1) is 0 Å². The summed E-state index contributed by atoms with van der Waals surface area (Å²) >= 11 is 1.49. The van der Waals surface area contributed by atoms with Gasteiger partial charge >= 0.3 is 0 Å². The lowest BCUT2D eigenvalue weighted by Crippen LogP contribution is -2.32. The number of nitrogens with one attached hydrogen (secondary N) is 2. The normalized spacial score (nSPS) is 17.9. The molecular formula is C22H24N4O4S. The van der Waals surface area contributed by atoms with E-state index in [0.717, 1.165) is 24.3 Å². The number of aromatic amines is 1. The van der Waals surface area contributed by atoms with Crippen LogP contribution in [0, 0.1) is 16.0 Å². The van der Waals surface area contributed by atoms with E-state index in [9.17, 15) is 19.7 Å². The lowest BCUT2D eigenvalue weighted by Gasteiger charge is -2.32. The molecule has 162 valence electrons. The smallest absolute Gasteiger partial charge is 0.269 e. The highest BCUT2D eigenvalue weighted by molar-refractivity contribution is 7.99. The molecule has 1 aromatic heterocycles. The second kappa shape index (κ2) is 8.66. The van der Waals surface area contributed by atoms with Crippen LogP contribution in [-0.2, 0) is 4.79 Å². The molecule has 0 bridgehead atoms.